The zero-order chi connectivity index (χ0) is 19.5. The normalized spacial score (nSPS) is 22.1. The first-order chi connectivity index (χ1) is 13.7. The minimum absolute atomic E-state index is 0.134. The fourth-order valence-corrected chi connectivity index (χ4v) is 5.11. The predicted octanol–water partition coefficient (Wildman–Crippen LogP) is 3.45. The van der Waals surface area contributed by atoms with Crippen LogP contribution in [0, 0.1) is 5.92 Å². The molecule has 148 valence electrons. The van der Waals surface area contributed by atoms with Gasteiger partial charge in [-0.1, -0.05) is 18.2 Å². The Labute approximate surface area is 169 Å². The van der Waals surface area contributed by atoms with Crippen molar-refractivity contribution in [2.75, 3.05) is 26.7 Å². The summed E-state index contributed by atoms with van der Waals surface area (Å²) in [5.74, 6) is 1.62. The topological polar surface area (TPSA) is 49.9 Å². The van der Waals surface area contributed by atoms with E-state index in [1.54, 1.807) is 7.11 Å². The van der Waals surface area contributed by atoms with Crippen LogP contribution in [0.15, 0.2) is 41.8 Å². The molecule has 0 saturated carbocycles. The van der Waals surface area contributed by atoms with E-state index in [1.807, 2.05) is 34.5 Å². The molecule has 6 heteroatoms. The first-order valence-corrected chi connectivity index (χ1v) is 10.8. The van der Waals surface area contributed by atoms with Crippen LogP contribution in [0.25, 0.3) is 0 Å². The number of benzene rings is 1. The molecule has 2 amide bonds. The zero-order valence-corrected chi connectivity index (χ0v) is 17.0. The van der Waals surface area contributed by atoms with E-state index in [4.69, 9.17) is 4.74 Å². The Kier molecular flexibility index (Phi) is 5.67. The monoisotopic (exact) mass is 398 g/mol. The van der Waals surface area contributed by atoms with Gasteiger partial charge in [0.05, 0.1) is 12.0 Å². The highest BCUT2D eigenvalue weighted by molar-refractivity contribution is 7.12. The van der Waals surface area contributed by atoms with Gasteiger partial charge in [-0.2, -0.15) is 0 Å². The molecule has 0 bridgehead atoms. The van der Waals surface area contributed by atoms with Gasteiger partial charge in [0.25, 0.3) is 5.91 Å². The fraction of sp³-hybridized carbons (Fsp3) is 0.455. The van der Waals surface area contributed by atoms with Crippen LogP contribution in [0.2, 0.25) is 0 Å². The number of fused-ring (bicyclic) bond motifs is 1. The first kappa shape index (κ1) is 19.0. The van der Waals surface area contributed by atoms with Crippen molar-refractivity contribution in [3.63, 3.8) is 0 Å². The molecule has 0 radical (unpaired) electrons. The van der Waals surface area contributed by atoms with Crippen LogP contribution in [-0.2, 0) is 11.2 Å². The van der Waals surface area contributed by atoms with E-state index >= 15 is 0 Å². The van der Waals surface area contributed by atoms with Crippen molar-refractivity contribution >= 4 is 23.2 Å². The third-order valence-electron chi connectivity index (χ3n) is 5.96. The molecule has 2 atom stereocenters. The van der Waals surface area contributed by atoms with Gasteiger partial charge in [0.1, 0.15) is 5.75 Å². The Balaban J connectivity index is 1.39. The first-order valence-electron chi connectivity index (χ1n) is 9.91. The van der Waals surface area contributed by atoms with E-state index < -0.39 is 0 Å². The summed E-state index contributed by atoms with van der Waals surface area (Å²) in [5, 5.41) is 1.94. The molecule has 0 unspecified atom stereocenters. The average molecular weight is 399 g/mol. The summed E-state index contributed by atoms with van der Waals surface area (Å²) in [7, 11) is 1.66. The lowest BCUT2D eigenvalue weighted by molar-refractivity contribution is -0.140. The maximum Gasteiger partial charge on any atom is 0.263 e. The zero-order valence-electron chi connectivity index (χ0n) is 16.2. The van der Waals surface area contributed by atoms with Gasteiger partial charge in [-0.3, -0.25) is 9.59 Å². The lowest BCUT2D eigenvalue weighted by Gasteiger charge is -2.47. The van der Waals surface area contributed by atoms with Crippen molar-refractivity contribution in [1.82, 2.24) is 9.80 Å². The number of nitrogens with zero attached hydrogens (tertiary/aromatic N) is 2. The van der Waals surface area contributed by atoms with E-state index in [-0.39, 0.29) is 17.9 Å². The Bertz CT molecular complexity index is 819. The second-order valence-electron chi connectivity index (χ2n) is 7.57. The number of carbonyl (C=O) groups is 2. The fourth-order valence-electron chi connectivity index (χ4n) is 4.42. The maximum atomic E-state index is 12.7. The van der Waals surface area contributed by atoms with Crippen molar-refractivity contribution < 1.29 is 14.3 Å². The van der Waals surface area contributed by atoms with Crippen LogP contribution >= 0.6 is 11.3 Å². The van der Waals surface area contributed by atoms with Gasteiger partial charge >= 0.3 is 0 Å². The SMILES string of the molecule is COc1ccc(CCN2C(=O)CC[C@H]3CN(C(=O)c4cccs4)CC[C@H]32)cc1. The molecular weight excluding hydrogens is 372 g/mol. The van der Waals surface area contributed by atoms with Gasteiger partial charge in [0.15, 0.2) is 0 Å². The summed E-state index contributed by atoms with van der Waals surface area (Å²) in [5.41, 5.74) is 1.21. The molecule has 1 aromatic heterocycles. The van der Waals surface area contributed by atoms with Crippen molar-refractivity contribution in [2.24, 2.45) is 5.92 Å². The third-order valence-corrected chi connectivity index (χ3v) is 6.82. The van der Waals surface area contributed by atoms with E-state index in [0.717, 1.165) is 49.5 Å². The summed E-state index contributed by atoms with van der Waals surface area (Å²) in [6, 6.07) is 12.1. The summed E-state index contributed by atoms with van der Waals surface area (Å²) in [6.07, 6.45) is 3.19. The molecule has 2 aromatic rings. The number of hydrogen-bond acceptors (Lipinski definition) is 4. The minimum atomic E-state index is 0.134. The second-order valence-corrected chi connectivity index (χ2v) is 8.52. The number of rotatable bonds is 5. The standard InChI is InChI=1S/C22H26N2O3S/c1-27-18-7-4-16(5-8-18)10-13-24-19-11-12-23(15-17(19)6-9-21(24)25)22(26)20-3-2-14-28-20/h2-5,7-8,14,17,19H,6,9-13,15H2,1H3/t17-,19+/m0/s1. The van der Waals surface area contributed by atoms with Gasteiger partial charge in [0, 0.05) is 32.1 Å². The summed E-state index contributed by atoms with van der Waals surface area (Å²) >= 11 is 1.50. The van der Waals surface area contributed by atoms with Crippen molar-refractivity contribution in [3.8, 4) is 5.75 Å². The molecule has 4 rings (SSSR count). The second kappa shape index (κ2) is 8.35. The molecular formula is C22H26N2O3S. The van der Waals surface area contributed by atoms with E-state index in [9.17, 15) is 9.59 Å². The molecule has 2 aliphatic heterocycles. The summed E-state index contributed by atoms with van der Waals surface area (Å²) < 4.78 is 5.21. The Hall–Kier alpha value is -2.34. The molecule has 2 saturated heterocycles. The van der Waals surface area contributed by atoms with Crippen LogP contribution < -0.4 is 4.74 Å². The van der Waals surface area contributed by atoms with Crippen LogP contribution in [0.5, 0.6) is 5.75 Å². The Morgan fingerprint density at radius 2 is 2.04 bits per heavy atom. The third kappa shape index (κ3) is 3.92. The number of hydrogen-bond donors (Lipinski definition) is 0. The van der Waals surface area contributed by atoms with Crippen LogP contribution in [0.3, 0.4) is 0 Å². The molecule has 1 aromatic carbocycles. The molecule has 2 fully saturated rings. The molecule has 0 aliphatic carbocycles. The number of thiophene rings is 1. The maximum absolute atomic E-state index is 12.7. The van der Waals surface area contributed by atoms with Crippen molar-refractivity contribution in [1.29, 1.82) is 0 Å². The van der Waals surface area contributed by atoms with Crippen LogP contribution in [0.4, 0.5) is 0 Å². The summed E-state index contributed by atoms with van der Waals surface area (Å²) in [4.78, 5) is 30.1. The van der Waals surface area contributed by atoms with Crippen molar-refractivity contribution in [3.05, 3.63) is 52.2 Å². The predicted molar refractivity (Wildman–Crippen MR) is 110 cm³/mol. The number of piperidine rings is 2. The van der Waals surface area contributed by atoms with Crippen LogP contribution in [-0.4, -0.2) is 54.4 Å². The quantitative estimate of drug-likeness (QED) is 0.775. The Morgan fingerprint density at radius 1 is 1.21 bits per heavy atom. The number of amides is 2. The molecule has 5 nitrogen and oxygen atoms in total. The highest BCUT2D eigenvalue weighted by Gasteiger charge is 2.40. The largest absolute Gasteiger partial charge is 0.497 e. The van der Waals surface area contributed by atoms with Gasteiger partial charge in [-0.15, -0.1) is 11.3 Å². The lowest BCUT2D eigenvalue weighted by atomic mass is 9.83. The number of likely N-dealkylation sites (tertiary alicyclic amines) is 2. The highest BCUT2D eigenvalue weighted by atomic mass is 32.1. The van der Waals surface area contributed by atoms with Crippen molar-refractivity contribution in [2.45, 2.75) is 31.7 Å². The number of carbonyl (C=O) groups excluding carboxylic acids is 2. The van der Waals surface area contributed by atoms with E-state index in [0.29, 0.717) is 12.3 Å². The Morgan fingerprint density at radius 3 is 2.75 bits per heavy atom. The minimum Gasteiger partial charge on any atom is -0.497 e. The summed E-state index contributed by atoms with van der Waals surface area (Å²) in [6.45, 7) is 2.23. The molecule has 28 heavy (non-hydrogen) atoms. The molecule has 3 heterocycles. The van der Waals surface area contributed by atoms with E-state index in [1.165, 1.54) is 16.9 Å². The van der Waals surface area contributed by atoms with Gasteiger partial charge in [-0.05, 0) is 54.3 Å². The average Bonchev–Trinajstić information content (AvgIpc) is 3.27. The smallest absolute Gasteiger partial charge is 0.263 e. The van der Waals surface area contributed by atoms with Gasteiger partial charge < -0.3 is 14.5 Å². The van der Waals surface area contributed by atoms with E-state index in [2.05, 4.69) is 17.0 Å². The van der Waals surface area contributed by atoms with Gasteiger partial charge in [-0.25, -0.2) is 0 Å². The number of ether oxygens (including phenoxy) is 1. The highest BCUT2D eigenvalue weighted by Crippen LogP contribution is 2.32. The van der Waals surface area contributed by atoms with Gasteiger partial charge in [0.2, 0.25) is 5.91 Å². The molecule has 0 spiro atoms. The molecule has 0 N–H and O–H groups in total. The van der Waals surface area contributed by atoms with Crippen LogP contribution in [0.1, 0.15) is 34.5 Å². The molecule has 2 aliphatic rings. The number of methoxy groups -OCH3 is 1. The lowest BCUT2D eigenvalue weighted by Crippen LogP contribution is -2.57.